The van der Waals surface area contributed by atoms with E-state index in [4.69, 9.17) is 0 Å². The van der Waals surface area contributed by atoms with Gasteiger partial charge in [-0.2, -0.15) is 0 Å². The summed E-state index contributed by atoms with van der Waals surface area (Å²) in [5, 5.41) is 7.36. The van der Waals surface area contributed by atoms with Gasteiger partial charge in [-0.05, 0) is 53.4 Å². The number of anilines is 3. The monoisotopic (exact) mass is 390 g/mol. The lowest BCUT2D eigenvalue weighted by Gasteiger charge is -2.42. The molecule has 2 heteroatoms. The first-order valence-corrected chi connectivity index (χ1v) is 10.6. The first-order valence-electron chi connectivity index (χ1n) is 10.6. The predicted octanol–water partition coefficient (Wildman–Crippen LogP) is 7.29. The summed E-state index contributed by atoms with van der Waals surface area (Å²) < 4.78 is 0. The van der Waals surface area contributed by atoms with E-state index in [1.54, 1.807) is 0 Å². The van der Waals surface area contributed by atoms with Crippen LogP contribution in [0.2, 0.25) is 0 Å². The van der Waals surface area contributed by atoms with E-state index in [1.165, 1.54) is 22.4 Å². The highest BCUT2D eigenvalue weighted by Gasteiger charge is 2.38. The SMILES string of the molecule is CC1(c2ccccc2)CC(c2ccccc2)Nc2ccc(Nc3ccccc3)cc21. The van der Waals surface area contributed by atoms with E-state index in [2.05, 4.69) is 121 Å². The topological polar surface area (TPSA) is 24.1 Å². The highest BCUT2D eigenvalue weighted by atomic mass is 15.0. The van der Waals surface area contributed by atoms with Crippen LogP contribution in [0.1, 0.15) is 36.1 Å². The molecule has 30 heavy (non-hydrogen) atoms. The standard InChI is InChI=1S/C28H26N2/c1-28(22-13-7-3-8-14-22)20-27(21-11-5-2-6-12-21)30-26-18-17-24(19-25(26)28)29-23-15-9-4-10-16-23/h2-19,27,29-30H,20H2,1H3. The average Bonchev–Trinajstić information content (AvgIpc) is 2.81. The molecule has 0 saturated heterocycles. The predicted molar refractivity (Wildman–Crippen MR) is 126 cm³/mol. The Labute approximate surface area is 178 Å². The number of hydrogen-bond donors (Lipinski definition) is 2. The Morgan fingerprint density at radius 2 is 1.37 bits per heavy atom. The number of para-hydroxylation sites is 1. The second-order valence-electron chi connectivity index (χ2n) is 8.26. The molecule has 0 spiro atoms. The summed E-state index contributed by atoms with van der Waals surface area (Å²) in [6.07, 6.45) is 1.00. The summed E-state index contributed by atoms with van der Waals surface area (Å²) in [6.45, 7) is 2.38. The van der Waals surface area contributed by atoms with E-state index in [-0.39, 0.29) is 11.5 Å². The third-order valence-corrected chi connectivity index (χ3v) is 6.23. The molecule has 0 fully saturated rings. The highest BCUT2D eigenvalue weighted by Crippen LogP contribution is 2.48. The van der Waals surface area contributed by atoms with Crippen molar-refractivity contribution in [1.82, 2.24) is 0 Å². The Morgan fingerprint density at radius 3 is 2.07 bits per heavy atom. The third-order valence-electron chi connectivity index (χ3n) is 6.23. The van der Waals surface area contributed by atoms with Crippen LogP contribution in [0.15, 0.2) is 109 Å². The lowest BCUT2D eigenvalue weighted by Crippen LogP contribution is -2.34. The Kier molecular flexibility index (Phi) is 4.76. The van der Waals surface area contributed by atoms with E-state index in [0.29, 0.717) is 0 Å². The number of fused-ring (bicyclic) bond motifs is 1. The van der Waals surface area contributed by atoms with Crippen molar-refractivity contribution in [3.63, 3.8) is 0 Å². The Hall–Kier alpha value is -3.52. The van der Waals surface area contributed by atoms with Crippen molar-refractivity contribution in [2.45, 2.75) is 24.8 Å². The molecule has 0 amide bonds. The Bertz CT molecular complexity index is 1120. The first kappa shape index (κ1) is 18.5. The van der Waals surface area contributed by atoms with Crippen LogP contribution in [0.25, 0.3) is 0 Å². The minimum absolute atomic E-state index is 0.0866. The molecule has 2 atom stereocenters. The van der Waals surface area contributed by atoms with Gasteiger partial charge in [0.1, 0.15) is 0 Å². The molecule has 0 saturated carbocycles. The number of rotatable bonds is 4. The molecule has 148 valence electrons. The van der Waals surface area contributed by atoms with Crippen molar-refractivity contribution >= 4 is 17.1 Å². The molecule has 2 nitrogen and oxygen atoms in total. The van der Waals surface area contributed by atoms with Crippen molar-refractivity contribution in [2.75, 3.05) is 10.6 Å². The normalized spacial score (nSPS) is 20.1. The van der Waals surface area contributed by atoms with Crippen molar-refractivity contribution < 1.29 is 0 Å². The van der Waals surface area contributed by atoms with Gasteiger partial charge < -0.3 is 10.6 Å². The van der Waals surface area contributed by atoms with Gasteiger partial charge in [-0.25, -0.2) is 0 Å². The third kappa shape index (κ3) is 3.46. The fraction of sp³-hybridized carbons (Fsp3) is 0.143. The van der Waals surface area contributed by atoms with Crippen molar-refractivity contribution in [2.24, 2.45) is 0 Å². The molecule has 4 aromatic rings. The van der Waals surface area contributed by atoms with Crippen molar-refractivity contribution in [3.8, 4) is 0 Å². The van der Waals surface area contributed by atoms with Crippen molar-refractivity contribution in [3.05, 3.63) is 126 Å². The molecule has 4 aromatic carbocycles. The Morgan fingerprint density at radius 1 is 0.733 bits per heavy atom. The van der Waals surface area contributed by atoms with Crippen LogP contribution in [0, 0.1) is 0 Å². The molecule has 2 unspecified atom stereocenters. The molecule has 0 bridgehead atoms. The maximum atomic E-state index is 3.80. The first-order chi connectivity index (χ1) is 14.7. The minimum Gasteiger partial charge on any atom is -0.378 e. The fourth-order valence-corrected chi connectivity index (χ4v) is 4.62. The summed E-state index contributed by atoms with van der Waals surface area (Å²) in [6, 6.07) is 39.0. The van der Waals surface area contributed by atoms with Gasteiger partial charge in [-0.1, -0.05) is 85.8 Å². The lowest BCUT2D eigenvalue weighted by molar-refractivity contribution is 0.460. The van der Waals surface area contributed by atoms with Crippen molar-refractivity contribution in [1.29, 1.82) is 0 Å². The summed E-state index contributed by atoms with van der Waals surface area (Å²) in [7, 11) is 0. The van der Waals surface area contributed by atoms with E-state index < -0.39 is 0 Å². The molecule has 1 heterocycles. The summed E-state index contributed by atoms with van der Waals surface area (Å²) in [5.41, 5.74) is 7.35. The van der Waals surface area contributed by atoms with Crippen LogP contribution < -0.4 is 10.6 Å². The van der Waals surface area contributed by atoms with Gasteiger partial charge in [0.2, 0.25) is 0 Å². The highest BCUT2D eigenvalue weighted by molar-refractivity contribution is 5.70. The fourth-order valence-electron chi connectivity index (χ4n) is 4.62. The second-order valence-corrected chi connectivity index (χ2v) is 8.26. The number of hydrogen-bond acceptors (Lipinski definition) is 2. The molecule has 1 aliphatic heterocycles. The summed E-state index contributed by atoms with van der Waals surface area (Å²) in [5.74, 6) is 0. The van der Waals surface area contributed by atoms with E-state index in [0.717, 1.165) is 17.8 Å². The maximum absolute atomic E-state index is 3.80. The van der Waals surface area contributed by atoms with Crippen LogP contribution in [-0.2, 0) is 5.41 Å². The number of nitrogens with one attached hydrogen (secondary N) is 2. The smallest absolute Gasteiger partial charge is 0.0525 e. The molecular weight excluding hydrogens is 364 g/mol. The van der Waals surface area contributed by atoms with Gasteiger partial charge in [0.25, 0.3) is 0 Å². The van der Waals surface area contributed by atoms with Gasteiger partial charge in [0, 0.05) is 22.5 Å². The van der Waals surface area contributed by atoms with Crippen LogP contribution in [0.4, 0.5) is 17.1 Å². The van der Waals surface area contributed by atoms with E-state index in [1.807, 2.05) is 6.07 Å². The van der Waals surface area contributed by atoms with Gasteiger partial charge in [0.15, 0.2) is 0 Å². The molecule has 5 rings (SSSR count). The lowest BCUT2D eigenvalue weighted by atomic mass is 9.68. The summed E-state index contributed by atoms with van der Waals surface area (Å²) in [4.78, 5) is 0. The van der Waals surface area contributed by atoms with Gasteiger partial charge in [-0.15, -0.1) is 0 Å². The quantitative estimate of drug-likeness (QED) is 0.382. The van der Waals surface area contributed by atoms with E-state index in [9.17, 15) is 0 Å². The Balaban J connectivity index is 1.59. The van der Waals surface area contributed by atoms with Crippen LogP contribution in [0.3, 0.4) is 0 Å². The van der Waals surface area contributed by atoms with Gasteiger partial charge in [0.05, 0.1) is 6.04 Å². The zero-order chi connectivity index (χ0) is 20.4. The minimum atomic E-state index is -0.0866. The van der Waals surface area contributed by atoms with Crippen LogP contribution >= 0.6 is 0 Å². The average molecular weight is 391 g/mol. The molecule has 1 aliphatic rings. The van der Waals surface area contributed by atoms with Gasteiger partial charge >= 0.3 is 0 Å². The molecule has 0 aromatic heterocycles. The number of benzene rings is 4. The molecular formula is C28H26N2. The summed E-state index contributed by atoms with van der Waals surface area (Å²) >= 11 is 0. The van der Waals surface area contributed by atoms with Gasteiger partial charge in [-0.3, -0.25) is 0 Å². The second kappa shape index (κ2) is 7.72. The van der Waals surface area contributed by atoms with Crippen LogP contribution in [0.5, 0.6) is 0 Å². The molecule has 0 aliphatic carbocycles. The molecule has 2 N–H and O–H groups in total. The van der Waals surface area contributed by atoms with Crippen LogP contribution in [-0.4, -0.2) is 0 Å². The zero-order valence-corrected chi connectivity index (χ0v) is 17.2. The van der Waals surface area contributed by atoms with E-state index >= 15 is 0 Å². The maximum Gasteiger partial charge on any atom is 0.0525 e. The largest absolute Gasteiger partial charge is 0.378 e. The molecule has 0 radical (unpaired) electrons. The zero-order valence-electron chi connectivity index (χ0n) is 17.2.